The van der Waals surface area contributed by atoms with Gasteiger partial charge >= 0.3 is 5.97 Å². The van der Waals surface area contributed by atoms with E-state index in [1.165, 1.54) is 6.33 Å². The SMILES string of the molecule is CC(C(=O)N1CCC(C(=O)O)(n2ccnc2)CC1)N1CCCC1=O. The lowest BCUT2D eigenvalue weighted by molar-refractivity contribution is -0.154. The molecule has 0 spiro atoms. The summed E-state index contributed by atoms with van der Waals surface area (Å²) in [6.45, 7) is 3.08. The fourth-order valence-corrected chi connectivity index (χ4v) is 3.67. The Labute approximate surface area is 140 Å². The molecule has 0 radical (unpaired) electrons. The van der Waals surface area contributed by atoms with Crippen molar-refractivity contribution in [3.8, 4) is 0 Å². The van der Waals surface area contributed by atoms with Crippen LogP contribution in [0.3, 0.4) is 0 Å². The van der Waals surface area contributed by atoms with E-state index in [2.05, 4.69) is 4.98 Å². The van der Waals surface area contributed by atoms with Crippen molar-refractivity contribution in [2.75, 3.05) is 19.6 Å². The van der Waals surface area contributed by atoms with Crippen molar-refractivity contribution < 1.29 is 19.5 Å². The highest BCUT2D eigenvalue weighted by atomic mass is 16.4. The monoisotopic (exact) mass is 334 g/mol. The van der Waals surface area contributed by atoms with Gasteiger partial charge in [0.05, 0.1) is 6.33 Å². The van der Waals surface area contributed by atoms with E-state index in [9.17, 15) is 19.5 Å². The maximum atomic E-state index is 12.7. The van der Waals surface area contributed by atoms with E-state index in [0.29, 0.717) is 38.9 Å². The number of hydrogen-bond acceptors (Lipinski definition) is 4. The van der Waals surface area contributed by atoms with E-state index in [0.717, 1.165) is 6.42 Å². The van der Waals surface area contributed by atoms with Crippen LogP contribution in [0.5, 0.6) is 0 Å². The molecule has 8 heteroatoms. The van der Waals surface area contributed by atoms with E-state index in [4.69, 9.17) is 0 Å². The largest absolute Gasteiger partial charge is 0.479 e. The number of likely N-dealkylation sites (tertiary alicyclic amines) is 2. The molecular weight excluding hydrogens is 312 g/mol. The molecule has 3 rings (SSSR count). The first kappa shape index (κ1) is 16.5. The highest BCUT2D eigenvalue weighted by molar-refractivity contribution is 5.88. The average molecular weight is 334 g/mol. The second-order valence-corrected chi connectivity index (χ2v) is 6.50. The number of aliphatic carboxylic acids is 1. The van der Waals surface area contributed by atoms with Gasteiger partial charge in [-0.3, -0.25) is 9.59 Å². The number of hydrogen-bond donors (Lipinski definition) is 1. The Morgan fingerprint density at radius 2 is 2.00 bits per heavy atom. The minimum Gasteiger partial charge on any atom is -0.479 e. The quantitative estimate of drug-likeness (QED) is 0.854. The molecule has 24 heavy (non-hydrogen) atoms. The normalized spacial score (nSPS) is 21.8. The molecule has 1 N–H and O–H groups in total. The third kappa shape index (κ3) is 2.65. The van der Waals surface area contributed by atoms with E-state index < -0.39 is 17.6 Å². The van der Waals surface area contributed by atoms with Gasteiger partial charge in [0, 0.05) is 38.4 Å². The van der Waals surface area contributed by atoms with Crippen LogP contribution in [0.1, 0.15) is 32.6 Å². The molecule has 130 valence electrons. The standard InChI is InChI=1S/C16H22N4O4/c1-12(20-7-2-3-13(20)21)14(22)18-8-4-16(5-9-18,15(23)24)19-10-6-17-11-19/h6,10-12H,2-5,7-9H2,1H3,(H,23,24). The lowest BCUT2D eigenvalue weighted by Crippen LogP contribution is -2.55. The van der Waals surface area contributed by atoms with Gasteiger partial charge in [-0.2, -0.15) is 0 Å². The van der Waals surface area contributed by atoms with Crippen LogP contribution in [0.25, 0.3) is 0 Å². The third-order valence-corrected chi connectivity index (χ3v) is 5.23. The topological polar surface area (TPSA) is 95.7 Å². The van der Waals surface area contributed by atoms with Crippen molar-refractivity contribution >= 4 is 17.8 Å². The molecule has 1 aromatic heterocycles. The first-order chi connectivity index (χ1) is 11.5. The molecule has 2 amide bonds. The molecule has 2 aliphatic rings. The lowest BCUT2D eigenvalue weighted by Gasteiger charge is -2.41. The minimum absolute atomic E-state index is 0.0196. The van der Waals surface area contributed by atoms with E-state index in [-0.39, 0.29) is 11.8 Å². The van der Waals surface area contributed by atoms with Gasteiger partial charge in [0.15, 0.2) is 0 Å². The van der Waals surface area contributed by atoms with Gasteiger partial charge < -0.3 is 19.5 Å². The number of amides is 2. The predicted molar refractivity (Wildman–Crippen MR) is 84.1 cm³/mol. The van der Waals surface area contributed by atoms with Gasteiger partial charge in [-0.05, 0) is 26.2 Å². The number of carboxylic acids is 1. The van der Waals surface area contributed by atoms with Crippen LogP contribution in [-0.4, -0.2) is 67.9 Å². The summed E-state index contributed by atoms with van der Waals surface area (Å²) in [6, 6.07) is -0.481. The molecule has 8 nitrogen and oxygen atoms in total. The predicted octanol–water partition coefficient (Wildman–Crippen LogP) is 0.296. The maximum absolute atomic E-state index is 12.7. The lowest BCUT2D eigenvalue weighted by atomic mass is 9.87. The highest BCUT2D eigenvalue weighted by Gasteiger charge is 2.45. The Kier molecular flexibility index (Phi) is 4.29. The van der Waals surface area contributed by atoms with Crippen LogP contribution in [0.2, 0.25) is 0 Å². The van der Waals surface area contributed by atoms with E-state index in [1.807, 2.05) is 0 Å². The molecule has 1 aromatic rings. The zero-order valence-corrected chi connectivity index (χ0v) is 13.7. The molecule has 2 saturated heterocycles. The van der Waals surface area contributed by atoms with Gasteiger partial charge in [0.25, 0.3) is 0 Å². The van der Waals surface area contributed by atoms with Crippen LogP contribution < -0.4 is 0 Å². The second-order valence-electron chi connectivity index (χ2n) is 6.50. The van der Waals surface area contributed by atoms with Crippen LogP contribution in [0, 0.1) is 0 Å². The van der Waals surface area contributed by atoms with Gasteiger partial charge in [-0.25, -0.2) is 9.78 Å². The number of carbonyl (C=O) groups excluding carboxylic acids is 2. The van der Waals surface area contributed by atoms with Gasteiger partial charge in [-0.15, -0.1) is 0 Å². The summed E-state index contributed by atoms with van der Waals surface area (Å²) in [5.41, 5.74) is -1.06. The Hall–Kier alpha value is -2.38. The van der Waals surface area contributed by atoms with Crippen molar-refractivity contribution in [2.45, 2.75) is 44.2 Å². The number of piperidine rings is 1. The van der Waals surface area contributed by atoms with Crippen molar-refractivity contribution in [3.63, 3.8) is 0 Å². The smallest absolute Gasteiger partial charge is 0.330 e. The zero-order chi connectivity index (χ0) is 17.3. The minimum atomic E-state index is -1.06. The number of imidazole rings is 1. The molecule has 0 aromatic carbocycles. The fraction of sp³-hybridized carbons (Fsp3) is 0.625. The van der Waals surface area contributed by atoms with Crippen LogP contribution in [0.4, 0.5) is 0 Å². The zero-order valence-electron chi connectivity index (χ0n) is 13.7. The molecule has 3 heterocycles. The number of nitrogens with zero attached hydrogens (tertiary/aromatic N) is 4. The molecule has 0 saturated carbocycles. The molecule has 1 unspecified atom stereocenters. The number of carbonyl (C=O) groups is 3. The summed E-state index contributed by atoms with van der Waals surface area (Å²) >= 11 is 0. The van der Waals surface area contributed by atoms with Crippen LogP contribution in [-0.2, 0) is 19.9 Å². The van der Waals surface area contributed by atoms with Crippen molar-refractivity contribution in [1.29, 1.82) is 0 Å². The molecule has 2 fully saturated rings. The highest BCUT2D eigenvalue weighted by Crippen LogP contribution is 2.31. The second kappa shape index (κ2) is 6.26. The van der Waals surface area contributed by atoms with Crippen molar-refractivity contribution in [2.24, 2.45) is 0 Å². The number of rotatable bonds is 4. The first-order valence-corrected chi connectivity index (χ1v) is 8.26. The van der Waals surface area contributed by atoms with Crippen LogP contribution in [0.15, 0.2) is 18.7 Å². The summed E-state index contributed by atoms with van der Waals surface area (Å²) in [5.74, 6) is -0.989. The van der Waals surface area contributed by atoms with Gasteiger partial charge in [-0.1, -0.05) is 0 Å². The number of carboxylic acid groups (broad SMARTS) is 1. The van der Waals surface area contributed by atoms with Gasteiger partial charge in [0.2, 0.25) is 11.8 Å². The molecular formula is C16H22N4O4. The number of aromatic nitrogens is 2. The summed E-state index contributed by atoms with van der Waals surface area (Å²) < 4.78 is 1.62. The van der Waals surface area contributed by atoms with Crippen molar-refractivity contribution in [3.05, 3.63) is 18.7 Å². The summed E-state index contributed by atoms with van der Waals surface area (Å²) in [6.07, 6.45) is 6.66. The molecule has 2 aliphatic heterocycles. The molecule has 0 bridgehead atoms. The molecule has 0 aliphatic carbocycles. The Morgan fingerprint density at radius 3 is 2.50 bits per heavy atom. The summed E-state index contributed by atoms with van der Waals surface area (Å²) in [7, 11) is 0. The first-order valence-electron chi connectivity index (χ1n) is 8.26. The van der Waals surface area contributed by atoms with E-state index >= 15 is 0 Å². The molecule has 1 atom stereocenters. The van der Waals surface area contributed by atoms with Gasteiger partial charge in [0.1, 0.15) is 11.6 Å². The maximum Gasteiger partial charge on any atom is 0.330 e. The van der Waals surface area contributed by atoms with Crippen molar-refractivity contribution in [1.82, 2.24) is 19.4 Å². The Morgan fingerprint density at radius 1 is 1.29 bits per heavy atom. The summed E-state index contributed by atoms with van der Waals surface area (Å²) in [4.78, 5) is 43.6. The van der Waals surface area contributed by atoms with Crippen LogP contribution >= 0.6 is 0 Å². The Bertz CT molecular complexity index is 635. The Balaban J connectivity index is 1.69. The third-order valence-electron chi connectivity index (χ3n) is 5.23. The van der Waals surface area contributed by atoms with E-state index in [1.54, 1.807) is 33.7 Å². The average Bonchev–Trinajstić information content (AvgIpc) is 3.25. The fourth-order valence-electron chi connectivity index (χ4n) is 3.67. The summed E-state index contributed by atoms with van der Waals surface area (Å²) in [5, 5.41) is 9.70.